The number of hydrogen-bond acceptors (Lipinski definition) is 6. The third-order valence-corrected chi connectivity index (χ3v) is 2.75. The first-order valence-corrected chi connectivity index (χ1v) is 5.20. The van der Waals surface area contributed by atoms with Crippen LogP contribution in [0.25, 0.3) is 0 Å². The van der Waals surface area contributed by atoms with E-state index in [2.05, 4.69) is 9.39 Å². The zero-order valence-corrected chi connectivity index (χ0v) is 8.43. The number of phenols is 1. The summed E-state index contributed by atoms with van der Waals surface area (Å²) in [6.45, 7) is 0. The van der Waals surface area contributed by atoms with E-state index in [1.165, 1.54) is 12.1 Å². The van der Waals surface area contributed by atoms with Gasteiger partial charge >= 0.3 is 0 Å². The van der Waals surface area contributed by atoms with Gasteiger partial charge in [0.2, 0.25) is 6.08 Å². The summed E-state index contributed by atoms with van der Waals surface area (Å²) in [4.78, 5) is 22.4. The lowest BCUT2D eigenvalue weighted by molar-refractivity contribution is 0.459. The number of aromatic hydroxyl groups is 1. The lowest BCUT2D eigenvalue weighted by atomic mass is 10.3. The molecule has 0 atom stereocenters. The summed E-state index contributed by atoms with van der Waals surface area (Å²) in [5.41, 5.74) is -0.0347. The molecule has 0 saturated carbocycles. The van der Waals surface area contributed by atoms with Gasteiger partial charge in [-0.2, -0.15) is 13.4 Å². The number of sulfonamides is 1. The third kappa shape index (κ3) is 2.40. The van der Waals surface area contributed by atoms with Crippen molar-refractivity contribution in [3.05, 3.63) is 18.2 Å². The third-order valence-electron chi connectivity index (χ3n) is 1.55. The van der Waals surface area contributed by atoms with E-state index in [4.69, 9.17) is 0 Å². The van der Waals surface area contributed by atoms with Gasteiger partial charge in [-0.15, -0.1) is 0 Å². The molecule has 0 aliphatic rings. The molecular formula is C8H4N2O5S. The smallest absolute Gasteiger partial charge is 0.296 e. The van der Waals surface area contributed by atoms with Crippen molar-refractivity contribution in [2.75, 3.05) is 0 Å². The van der Waals surface area contributed by atoms with Crippen molar-refractivity contribution >= 4 is 27.9 Å². The highest BCUT2D eigenvalue weighted by molar-refractivity contribution is 7.90. The Morgan fingerprint density at radius 3 is 2.44 bits per heavy atom. The van der Waals surface area contributed by atoms with Crippen LogP contribution >= 0.6 is 0 Å². The van der Waals surface area contributed by atoms with Crippen LogP contribution in [-0.4, -0.2) is 25.7 Å². The van der Waals surface area contributed by atoms with E-state index >= 15 is 0 Å². The Morgan fingerprint density at radius 2 is 1.88 bits per heavy atom. The molecule has 7 nitrogen and oxygen atoms in total. The lowest BCUT2D eigenvalue weighted by Crippen LogP contribution is -1.96. The Bertz CT molecular complexity index is 609. The monoisotopic (exact) mass is 240 g/mol. The Balaban J connectivity index is 3.49. The molecule has 1 aromatic carbocycles. The first-order chi connectivity index (χ1) is 7.51. The molecule has 0 radical (unpaired) electrons. The molecule has 0 spiro atoms. The maximum Gasteiger partial charge on any atom is 0.296 e. The van der Waals surface area contributed by atoms with Crippen molar-refractivity contribution in [2.24, 2.45) is 9.39 Å². The van der Waals surface area contributed by atoms with E-state index < -0.39 is 20.7 Å². The highest BCUT2D eigenvalue weighted by atomic mass is 32.2. The van der Waals surface area contributed by atoms with E-state index in [1.807, 2.05) is 0 Å². The second kappa shape index (κ2) is 4.50. The van der Waals surface area contributed by atoms with E-state index in [0.29, 0.717) is 0 Å². The fourth-order valence-corrected chi connectivity index (χ4v) is 1.73. The Hall–Kier alpha value is -2.27. The van der Waals surface area contributed by atoms with E-state index in [0.717, 1.165) is 18.2 Å². The number of phenolic OH excluding ortho intramolecular Hbond substituents is 1. The summed E-state index contributed by atoms with van der Waals surface area (Å²) >= 11 is 0. The van der Waals surface area contributed by atoms with Crippen LogP contribution in [-0.2, 0) is 19.6 Å². The summed E-state index contributed by atoms with van der Waals surface area (Å²) < 4.78 is 25.1. The maximum atomic E-state index is 11.3. The summed E-state index contributed by atoms with van der Waals surface area (Å²) in [7, 11) is -4.32. The molecule has 0 unspecified atom stereocenters. The largest absolute Gasteiger partial charge is 0.507 e. The van der Waals surface area contributed by atoms with E-state index in [-0.39, 0.29) is 5.69 Å². The average molecular weight is 240 g/mol. The SMILES string of the molecule is O=C=Nc1ccc(O)c(S(=O)(=O)N=C=O)c1. The van der Waals surface area contributed by atoms with Crippen LogP contribution in [0.4, 0.5) is 5.69 Å². The number of isocyanates is 2. The molecule has 0 amide bonds. The van der Waals surface area contributed by atoms with Gasteiger partial charge in [0, 0.05) is 0 Å². The van der Waals surface area contributed by atoms with Crippen LogP contribution in [0.1, 0.15) is 0 Å². The van der Waals surface area contributed by atoms with E-state index in [1.54, 1.807) is 0 Å². The topological polar surface area (TPSA) is 113 Å². The minimum atomic E-state index is -4.32. The summed E-state index contributed by atoms with van der Waals surface area (Å²) in [6.07, 6.45) is 2.06. The Morgan fingerprint density at radius 1 is 1.19 bits per heavy atom. The van der Waals surface area contributed by atoms with Crippen LogP contribution in [0.2, 0.25) is 0 Å². The molecule has 0 bridgehead atoms. The standard InChI is InChI=1S/C8H4N2O5S/c11-4-9-6-1-2-7(13)8(3-6)16(14,15)10-5-12/h1-3,13H. The van der Waals surface area contributed by atoms with Gasteiger partial charge in [0.15, 0.2) is 0 Å². The van der Waals surface area contributed by atoms with Crippen LogP contribution in [0.5, 0.6) is 5.75 Å². The second-order valence-corrected chi connectivity index (χ2v) is 4.09. The van der Waals surface area contributed by atoms with Crippen molar-refractivity contribution < 1.29 is 23.1 Å². The fraction of sp³-hybridized carbons (Fsp3) is 0. The number of carbonyl (C=O) groups excluding carboxylic acids is 2. The van der Waals surface area contributed by atoms with Crippen molar-refractivity contribution in [3.63, 3.8) is 0 Å². The Labute approximate surface area is 89.8 Å². The quantitative estimate of drug-likeness (QED) is 0.606. The zero-order valence-electron chi connectivity index (χ0n) is 7.61. The summed E-state index contributed by atoms with van der Waals surface area (Å²) in [6, 6.07) is 3.09. The van der Waals surface area contributed by atoms with Crippen molar-refractivity contribution in [3.8, 4) is 5.75 Å². The number of benzene rings is 1. The van der Waals surface area contributed by atoms with Gasteiger partial charge in [-0.25, -0.2) is 9.59 Å². The Kier molecular flexibility index (Phi) is 3.32. The molecule has 0 heterocycles. The molecule has 1 rings (SSSR count). The first-order valence-electron chi connectivity index (χ1n) is 3.76. The molecule has 0 saturated heterocycles. The molecule has 82 valence electrons. The van der Waals surface area contributed by atoms with Crippen molar-refractivity contribution in [1.29, 1.82) is 0 Å². The molecule has 8 heteroatoms. The minimum absolute atomic E-state index is 0.0347. The van der Waals surface area contributed by atoms with Crippen LogP contribution in [0.15, 0.2) is 32.5 Å². The fourth-order valence-electron chi connectivity index (χ4n) is 0.930. The van der Waals surface area contributed by atoms with Gasteiger partial charge in [0.25, 0.3) is 16.1 Å². The average Bonchev–Trinajstić information content (AvgIpc) is 2.21. The van der Waals surface area contributed by atoms with Gasteiger partial charge in [0.05, 0.1) is 5.69 Å². The lowest BCUT2D eigenvalue weighted by Gasteiger charge is -2.00. The molecule has 1 N–H and O–H groups in total. The molecular weight excluding hydrogens is 236 g/mol. The van der Waals surface area contributed by atoms with Crippen LogP contribution in [0.3, 0.4) is 0 Å². The molecule has 16 heavy (non-hydrogen) atoms. The second-order valence-electron chi connectivity index (χ2n) is 2.51. The maximum absolute atomic E-state index is 11.3. The first kappa shape index (κ1) is 11.8. The highest BCUT2D eigenvalue weighted by Crippen LogP contribution is 2.28. The summed E-state index contributed by atoms with van der Waals surface area (Å²) in [5.74, 6) is -0.608. The molecule has 1 aromatic rings. The van der Waals surface area contributed by atoms with Gasteiger partial charge in [-0.05, 0) is 18.2 Å². The predicted molar refractivity (Wildman–Crippen MR) is 51.2 cm³/mol. The number of hydrogen-bond donors (Lipinski definition) is 1. The molecule has 0 aliphatic heterocycles. The van der Waals surface area contributed by atoms with Gasteiger partial charge < -0.3 is 5.11 Å². The van der Waals surface area contributed by atoms with Gasteiger partial charge in [0.1, 0.15) is 10.6 Å². The normalized spacial score (nSPS) is 10.0. The van der Waals surface area contributed by atoms with Crippen molar-refractivity contribution in [1.82, 2.24) is 0 Å². The van der Waals surface area contributed by atoms with Crippen LogP contribution in [0, 0.1) is 0 Å². The van der Waals surface area contributed by atoms with Gasteiger partial charge in [-0.3, -0.25) is 0 Å². The number of rotatable bonds is 3. The highest BCUT2D eigenvalue weighted by Gasteiger charge is 2.18. The van der Waals surface area contributed by atoms with Crippen LogP contribution < -0.4 is 0 Å². The number of aliphatic imine (C=N–C) groups is 1. The number of nitrogens with zero attached hydrogens (tertiary/aromatic N) is 2. The minimum Gasteiger partial charge on any atom is -0.507 e. The summed E-state index contributed by atoms with van der Waals surface area (Å²) in [5, 5.41) is 9.26. The van der Waals surface area contributed by atoms with E-state index in [9.17, 15) is 23.1 Å². The van der Waals surface area contributed by atoms with Crippen molar-refractivity contribution in [2.45, 2.75) is 4.90 Å². The molecule has 0 aromatic heterocycles. The predicted octanol–water partition coefficient (Wildman–Crippen LogP) is 0.384. The zero-order chi connectivity index (χ0) is 12.2. The molecule has 0 aliphatic carbocycles. The van der Waals surface area contributed by atoms with Gasteiger partial charge in [-0.1, -0.05) is 4.40 Å². The molecule has 0 fully saturated rings.